The molecule has 0 aromatic heterocycles. The summed E-state index contributed by atoms with van der Waals surface area (Å²) in [6.45, 7) is 4.42. The van der Waals surface area contributed by atoms with Gasteiger partial charge in [0.15, 0.2) is 0 Å². The number of benzene rings is 1. The molecule has 5 nitrogen and oxygen atoms in total. The average molecular weight is 312 g/mol. The van der Waals surface area contributed by atoms with Crippen LogP contribution in [0.5, 0.6) is 0 Å². The minimum absolute atomic E-state index is 0.00514. The summed E-state index contributed by atoms with van der Waals surface area (Å²) in [5.74, 6) is 0. The zero-order chi connectivity index (χ0) is 15.1. The lowest BCUT2D eigenvalue weighted by Crippen LogP contribution is -2.36. The maximum Gasteiger partial charge on any atom is 0.240 e. The Morgan fingerprint density at radius 2 is 2.10 bits per heavy atom. The Morgan fingerprint density at radius 1 is 1.29 bits per heavy atom. The lowest BCUT2D eigenvalue weighted by atomic mass is 10.1. The fourth-order valence-electron chi connectivity index (χ4n) is 2.42. The third-order valence-corrected chi connectivity index (χ3v) is 5.13. The van der Waals surface area contributed by atoms with Crippen molar-refractivity contribution in [2.24, 2.45) is 0 Å². The number of hydrogen-bond acceptors (Lipinski definition) is 4. The fraction of sp³-hybridized carbons (Fsp3) is 0.600. The maximum atomic E-state index is 12.5. The van der Waals surface area contributed by atoms with Crippen LogP contribution in [0.25, 0.3) is 0 Å². The molecule has 0 amide bonds. The molecule has 0 aliphatic carbocycles. The van der Waals surface area contributed by atoms with E-state index in [1.807, 2.05) is 19.1 Å². The molecule has 0 bridgehead atoms. The molecule has 1 atom stereocenters. The molecular formula is C15H24N2O3S. The molecule has 1 saturated heterocycles. The molecule has 1 aromatic carbocycles. The Hall–Kier alpha value is -0.950. The predicted octanol–water partition coefficient (Wildman–Crippen LogP) is 1.64. The van der Waals surface area contributed by atoms with Gasteiger partial charge in [0.05, 0.1) is 11.0 Å². The molecule has 2 N–H and O–H groups in total. The average Bonchev–Trinajstić information content (AvgIpc) is 2.52. The highest BCUT2D eigenvalue weighted by Crippen LogP contribution is 2.17. The fourth-order valence-corrected chi connectivity index (χ4v) is 3.72. The van der Waals surface area contributed by atoms with Crippen LogP contribution in [0.15, 0.2) is 29.2 Å². The molecule has 1 heterocycles. The van der Waals surface area contributed by atoms with Gasteiger partial charge in [0.2, 0.25) is 10.0 Å². The zero-order valence-corrected chi connectivity index (χ0v) is 13.3. The van der Waals surface area contributed by atoms with Gasteiger partial charge >= 0.3 is 0 Å². The molecule has 118 valence electrons. The molecule has 1 aliphatic heterocycles. The molecule has 0 spiro atoms. The summed E-state index contributed by atoms with van der Waals surface area (Å²) in [6.07, 6.45) is 3.08. The largest absolute Gasteiger partial charge is 0.377 e. The van der Waals surface area contributed by atoms with E-state index in [0.29, 0.717) is 18.0 Å². The summed E-state index contributed by atoms with van der Waals surface area (Å²) in [7, 11) is -3.49. The summed E-state index contributed by atoms with van der Waals surface area (Å²) in [5, 5.41) is 3.17. The first-order valence-electron chi connectivity index (χ1n) is 7.53. The van der Waals surface area contributed by atoms with Gasteiger partial charge in [-0.25, -0.2) is 13.1 Å². The van der Waals surface area contributed by atoms with Gasteiger partial charge in [0.1, 0.15) is 0 Å². The van der Waals surface area contributed by atoms with Crippen LogP contribution in [0.1, 0.15) is 31.7 Å². The van der Waals surface area contributed by atoms with Crippen LogP contribution in [-0.4, -0.2) is 34.2 Å². The second-order valence-corrected chi connectivity index (χ2v) is 6.96. The minimum Gasteiger partial charge on any atom is -0.377 e. The van der Waals surface area contributed by atoms with Gasteiger partial charge in [0.25, 0.3) is 0 Å². The summed E-state index contributed by atoms with van der Waals surface area (Å²) < 4.78 is 33.2. The van der Waals surface area contributed by atoms with Crippen LogP contribution < -0.4 is 10.0 Å². The molecule has 1 fully saturated rings. The van der Waals surface area contributed by atoms with E-state index < -0.39 is 10.0 Å². The van der Waals surface area contributed by atoms with Crippen LogP contribution in [-0.2, 0) is 21.3 Å². The van der Waals surface area contributed by atoms with Gasteiger partial charge in [-0.15, -0.1) is 0 Å². The molecular weight excluding hydrogens is 288 g/mol. The van der Waals surface area contributed by atoms with Crippen LogP contribution in [0.3, 0.4) is 0 Å². The summed E-state index contributed by atoms with van der Waals surface area (Å²) >= 11 is 0. The van der Waals surface area contributed by atoms with E-state index >= 15 is 0 Å². The van der Waals surface area contributed by atoms with Crippen molar-refractivity contribution >= 4 is 10.0 Å². The lowest BCUT2D eigenvalue weighted by Gasteiger charge is -2.23. The zero-order valence-electron chi connectivity index (χ0n) is 12.5. The van der Waals surface area contributed by atoms with Crippen LogP contribution >= 0.6 is 0 Å². The Labute approximate surface area is 127 Å². The number of nitrogens with one attached hydrogen (secondary N) is 2. The quantitative estimate of drug-likeness (QED) is 0.803. The van der Waals surface area contributed by atoms with Crippen molar-refractivity contribution < 1.29 is 13.2 Å². The van der Waals surface area contributed by atoms with Gasteiger partial charge in [-0.05, 0) is 37.4 Å². The van der Waals surface area contributed by atoms with Crippen molar-refractivity contribution in [3.63, 3.8) is 0 Å². The number of hydrogen-bond donors (Lipinski definition) is 2. The summed E-state index contributed by atoms with van der Waals surface area (Å²) in [4.78, 5) is 0.349. The minimum atomic E-state index is -3.49. The van der Waals surface area contributed by atoms with E-state index in [4.69, 9.17) is 4.74 Å². The molecule has 21 heavy (non-hydrogen) atoms. The number of sulfonamides is 1. The van der Waals surface area contributed by atoms with Crippen LogP contribution in [0, 0.1) is 0 Å². The topological polar surface area (TPSA) is 67.4 Å². The van der Waals surface area contributed by atoms with Crippen molar-refractivity contribution in [1.82, 2.24) is 10.0 Å². The molecule has 0 saturated carbocycles. The van der Waals surface area contributed by atoms with Gasteiger partial charge in [-0.1, -0.05) is 25.1 Å². The number of ether oxygens (including phenoxy) is 1. The van der Waals surface area contributed by atoms with Gasteiger partial charge in [0, 0.05) is 19.7 Å². The maximum absolute atomic E-state index is 12.5. The third-order valence-electron chi connectivity index (χ3n) is 3.60. The summed E-state index contributed by atoms with van der Waals surface area (Å²) in [6, 6.07) is 7.10. The van der Waals surface area contributed by atoms with Crippen molar-refractivity contribution in [3.8, 4) is 0 Å². The van der Waals surface area contributed by atoms with E-state index in [-0.39, 0.29) is 6.10 Å². The van der Waals surface area contributed by atoms with Gasteiger partial charge < -0.3 is 10.1 Å². The second-order valence-electron chi connectivity index (χ2n) is 5.23. The van der Waals surface area contributed by atoms with E-state index in [9.17, 15) is 8.42 Å². The monoisotopic (exact) mass is 312 g/mol. The van der Waals surface area contributed by atoms with Crippen molar-refractivity contribution in [2.45, 2.75) is 43.7 Å². The van der Waals surface area contributed by atoms with E-state index in [2.05, 4.69) is 10.0 Å². The first-order chi connectivity index (χ1) is 10.1. The smallest absolute Gasteiger partial charge is 0.240 e. The van der Waals surface area contributed by atoms with Crippen molar-refractivity contribution in [3.05, 3.63) is 29.8 Å². The van der Waals surface area contributed by atoms with Gasteiger partial charge in [-0.2, -0.15) is 0 Å². The Morgan fingerprint density at radius 3 is 2.81 bits per heavy atom. The normalized spacial score (nSPS) is 19.6. The van der Waals surface area contributed by atoms with E-state index in [1.165, 1.54) is 0 Å². The van der Waals surface area contributed by atoms with Crippen LogP contribution in [0.2, 0.25) is 0 Å². The highest BCUT2D eigenvalue weighted by atomic mass is 32.2. The van der Waals surface area contributed by atoms with Crippen molar-refractivity contribution in [2.75, 3.05) is 19.7 Å². The first-order valence-corrected chi connectivity index (χ1v) is 9.01. The SMILES string of the molecule is CCNCc1ccccc1S(=O)(=O)NCC1CCCCO1. The third kappa shape index (κ3) is 4.78. The standard InChI is InChI=1S/C15H24N2O3S/c1-2-16-11-13-7-3-4-9-15(13)21(18,19)17-12-14-8-5-6-10-20-14/h3-4,7,9,14,16-17H,2,5-6,8,10-12H2,1H3. The van der Waals surface area contributed by atoms with E-state index in [0.717, 1.165) is 38.0 Å². The predicted molar refractivity (Wildman–Crippen MR) is 82.6 cm³/mol. The first kappa shape index (κ1) is 16.4. The molecule has 1 aliphatic rings. The Balaban J connectivity index is 2.04. The van der Waals surface area contributed by atoms with Gasteiger partial charge in [-0.3, -0.25) is 0 Å². The molecule has 1 aromatic rings. The van der Waals surface area contributed by atoms with E-state index in [1.54, 1.807) is 12.1 Å². The highest BCUT2D eigenvalue weighted by molar-refractivity contribution is 7.89. The summed E-state index contributed by atoms with van der Waals surface area (Å²) in [5.41, 5.74) is 0.788. The van der Waals surface area contributed by atoms with Crippen molar-refractivity contribution in [1.29, 1.82) is 0 Å². The number of rotatable bonds is 7. The second kappa shape index (κ2) is 7.89. The molecule has 1 unspecified atom stereocenters. The lowest BCUT2D eigenvalue weighted by molar-refractivity contribution is 0.0200. The molecule has 2 rings (SSSR count). The Bertz CT molecular complexity index is 540. The molecule has 6 heteroatoms. The Kier molecular flexibility index (Phi) is 6.17. The van der Waals surface area contributed by atoms with Crippen LogP contribution in [0.4, 0.5) is 0 Å². The highest BCUT2D eigenvalue weighted by Gasteiger charge is 2.21. The molecule has 0 radical (unpaired) electrons.